The van der Waals surface area contributed by atoms with Crippen LogP contribution < -0.4 is 0 Å². The van der Waals surface area contributed by atoms with Crippen LogP contribution in [-0.4, -0.2) is 20.4 Å². The zero-order chi connectivity index (χ0) is 5.91. The van der Waals surface area contributed by atoms with Gasteiger partial charge in [-0.2, -0.15) is 0 Å². The van der Waals surface area contributed by atoms with Gasteiger partial charge in [0, 0.05) is 10.7 Å². The maximum Gasteiger partial charge on any atom is 0.215 e. The molecule has 0 N–H and O–H groups in total. The SMILES string of the molecule is CO[P+](C)(C)SCl. The Hall–Kier alpha value is 1.03. The molecule has 0 aliphatic carbocycles. The molecule has 0 amide bonds. The van der Waals surface area contributed by atoms with Gasteiger partial charge < -0.3 is 0 Å². The molecule has 0 aromatic rings. The Kier molecular flexibility index (Phi) is 3.60. The second-order valence-electron chi connectivity index (χ2n) is 1.50. The first-order valence-electron chi connectivity index (χ1n) is 1.82. The van der Waals surface area contributed by atoms with Crippen molar-refractivity contribution in [3.8, 4) is 0 Å². The molecule has 7 heavy (non-hydrogen) atoms. The van der Waals surface area contributed by atoms with Gasteiger partial charge in [0.05, 0.1) is 20.4 Å². The van der Waals surface area contributed by atoms with Crippen LogP contribution in [0.2, 0.25) is 0 Å². The quantitative estimate of drug-likeness (QED) is 0.573. The molecule has 0 saturated heterocycles. The lowest BCUT2D eigenvalue weighted by atomic mass is 11.8. The highest BCUT2D eigenvalue weighted by Gasteiger charge is 2.25. The Morgan fingerprint density at radius 1 is 1.57 bits per heavy atom. The van der Waals surface area contributed by atoms with E-state index in [9.17, 15) is 0 Å². The third-order valence-electron chi connectivity index (χ3n) is 0.606. The van der Waals surface area contributed by atoms with Gasteiger partial charge in [-0.15, -0.1) is 0 Å². The summed E-state index contributed by atoms with van der Waals surface area (Å²) in [6.07, 6.45) is 0. The van der Waals surface area contributed by atoms with E-state index in [2.05, 4.69) is 0 Å². The fraction of sp³-hybridized carbons (Fsp3) is 1.00. The van der Waals surface area contributed by atoms with Crippen molar-refractivity contribution >= 4 is 28.0 Å². The Bertz CT molecular complexity index is 52.9. The van der Waals surface area contributed by atoms with E-state index in [-0.39, 0.29) is 0 Å². The summed E-state index contributed by atoms with van der Waals surface area (Å²) >= 11 is 0. The van der Waals surface area contributed by atoms with E-state index in [0.29, 0.717) is 0 Å². The van der Waals surface area contributed by atoms with Gasteiger partial charge in [0.2, 0.25) is 6.69 Å². The van der Waals surface area contributed by atoms with Gasteiger partial charge in [-0.05, 0) is 0 Å². The van der Waals surface area contributed by atoms with Gasteiger partial charge in [0.1, 0.15) is 0 Å². The van der Waals surface area contributed by atoms with E-state index in [1.165, 1.54) is 10.6 Å². The number of rotatable bonds is 2. The van der Waals surface area contributed by atoms with Crippen molar-refractivity contribution in [2.24, 2.45) is 0 Å². The lowest BCUT2D eigenvalue weighted by Crippen LogP contribution is -1.79. The molecule has 0 bridgehead atoms. The van der Waals surface area contributed by atoms with E-state index in [1.54, 1.807) is 7.11 Å². The molecule has 0 aliphatic rings. The average Bonchev–Trinajstić information content (AvgIpc) is 1.68. The maximum atomic E-state index is 5.43. The molecule has 0 aromatic heterocycles. The zero-order valence-corrected chi connectivity index (χ0v) is 7.11. The predicted octanol–water partition coefficient (Wildman–Crippen LogP) is 2.63. The molecule has 4 heteroatoms. The topological polar surface area (TPSA) is 9.23 Å². The minimum atomic E-state index is -1.22. The van der Waals surface area contributed by atoms with Crippen molar-refractivity contribution in [3.05, 3.63) is 0 Å². The summed E-state index contributed by atoms with van der Waals surface area (Å²) in [7, 11) is 8.41. The molecule has 0 spiro atoms. The van der Waals surface area contributed by atoms with Gasteiger partial charge >= 0.3 is 0 Å². The van der Waals surface area contributed by atoms with Crippen LogP contribution in [0.15, 0.2) is 0 Å². The summed E-state index contributed by atoms with van der Waals surface area (Å²) < 4.78 is 5.03. The van der Waals surface area contributed by atoms with Crippen LogP contribution in [0.1, 0.15) is 0 Å². The van der Waals surface area contributed by atoms with Gasteiger partial charge in [0.25, 0.3) is 0 Å². The van der Waals surface area contributed by atoms with E-state index in [0.717, 1.165) is 0 Å². The third kappa shape index (κ3) is 3.60. The van der Waals surface area contributed by atoms with E-state index in [1.807, 2.05) is 13.3 Å². The molecule has 0 radical (unpaired) electrons. The molecule has 0 heterocycles. The zero-order valence-electron chi connectivity index (χ0n) is 4.64. The molecule has 0 atom stereocenters. The first-order valence-corrected chi connectivity index (χ1v) is 6.67. The highest BCUT2D eigenvalue weighted by molar-refractivity contribution is 8.70. The second-order valence-corrected chi connectivity index (χ2v) is 8.81. The summed E-state index contributed by atoms with van der Waals surface area (Å²) in [5.74, 6) is 0. The van der Waals surface area contributed by atoms with Crippen molar-refractivity contribution in [1.29, 1.82) is 0 Å². The number of halogens is 1. The van der Waals surface area contributed by atoms with Crippen LogP contribution in [0.3, 0.4) is 0 Å². The van der Waals surface area contributed by atoms with Gasteiger partial charge in [0.15, 0.2) is 10.6 Å². The Balaban J connectivity index is 3.36. The van der Waals surface area contributed by atoms with Crippen LogP contribution in [0.4, 0.5) is 0 Å². The molecule has 0 fully saturated rings. The standard InChI is InChI=1S/C3H9ClOPS/c1-5-6(2,3)7-4/h1-3H3/q+1. The van der Waals surface area contributed by atoms with Crippen molar-refractivity contribution in [2.75, 3.05) is 20.4 Å². The van der Waals surface area contributed by atoms with Crippen molar-refractivity contribution in [2.45, 2.75) is 0 Å². The molecule has 0 aliphatic heterocycles. The predicted molar refractivity (Wildman–Crippen MR) is 39.2 cm³/mol. The van der Waals surface area contributed by atoms with Crippen LogP contribution in [-0.2, 0) is 4.52 Å². The van der Waals surface area contributed by atoms with Gasteiger partial charge in [-0.25, -0.2) is 4.52 Å². The fourth-order valence-corrected chi connectivity index (χ4v) is 0.761. The Morgan fingerprint density at radius 2 is 2.00 bits per heavy atom. The van der Waals surface area contributed by atoms with E-state index >= 15 is 0 Å². The number of hydrogen-bond acceptors (Lipinski definition) is 2. The summed E-state index contributed by atoms with van der Waals surface area (Å²) in [4.78, 5) is 0. The third-order valence-corrected chi connectivity index (χ3v) is 6.25. The van der Waals surface area contributed by atoms with Crippen molar-refractivity contribution in [3.63, 3.8) is 0 Å². The Morgan fingerprint density at radius 3 is 2.00 bits per heavy atom. The van der Waals surface area contributed by atoms with Gasteiger partial charge in [-0.3, -0.25) is 0 Å². The lowest BCUT2D eigenvalue weighted by Gasteiger charge is -2.05. The van der Waals surface area contributed by atoms with Crippen LogP contribution >= 0.6 is 28.0 Å². The normalized spacial score (nSPS) is 12.0. The first kappa shape index (κ1) is 8.03. The summed E-state index contributed by atoms with van der Waals surface area (Å²) in [6.45, 7) is 2.81. The van der Waals surface area contributed by atoms with Gasteiger partial charge in [-0.1, -0.05) is 0 Å². The summed E-state index contributed by atoms with van der Waals surface area (Å²) in [5.41, 5.74) is 0. The molecule has 44 valence electrons. The highest BCUT2D eigenvalue weighted by atomic mass is 35.7. The monoisotopic (exact) mass is 159 g/mol. The Labute approximate surface area is 53.4 Å². The lowest BCUT2D eigenvalue weighted by molar-refractivity contribution is 0.465. The summed E-state index contributed by atoms with van der Waals surface area (Å²) in [6, 6.07) is 0. The fourth-order valence-electron chi connectivity index (χ4n) is 0.0282. The second kappa shape index (κ2) is 3.13. The van der Waals surface area contributed by atoms with Crippen LogP contribution in [0.5, 0.6) is 0 Å². The van der Waals surface area contributed by atoms with E-state index in [4.69, 9.17) is 15.2 Å². The first-order chi connectivity index (χ1) is 3.12. The molecule has 0 unspecified atom stereocenters. The maximum absolute atomic E-state index is 5.43. The molecular weight excluding hydrogens is 151 g/mol. The molecule has 0 aromatic carbocycles. The van der Waals surface area contributed by atoms with Crippen LogP contribution in [0.25, 0.3) is 0 Å². The highest BCUT2D eigenvalue weighted by Crippen LogP contribution is 2.65. The van der Waals surface area contributed by atoms with E-state index < -0.39 is 6.69 Å². The molecular formula is C3H9ClOPS+. The minimum Gasteiger partial charge on any atom is -0.228 e. The smallest absolute Gasteiger partial charge is 0.215 e. The van der Waals surface area contributed by atoms with Crippen LogP contribution in [0, 0.1) is 0 Å². The largest absolute Gasteiger partial charge is 0.228 e. The molecule has 1 nitrogen and oxygen atoms in total. The summed E-state index contributed by atoms with van der Waals surface area (Å²) in [5, 5.41) is 0. The average molecular weight is 160 g/mol. The number of hydrogen-bond donors (Lipinski definition) is 0. The van der Waals surface area contributed by atoms with Crippen molar-refractivity contribution in [1.82, 2.24) is 0 Å². The molecule has 0 rings (SSSR count). The minimum absolute atomic E-state index is 1.22. The molecule has 0 saturated carbocycles. The van der Waals surface area contributed by atoms with Crippen molar-refractivity contribution < 1.29 is 4.52 Å².